The zero-order chi connectivity index (χ0) is 12.0. The molecule has 1 aromatic rings. The lowest BCUT2D eigenvalue weighted by Gasteiger charge is -2.12. The Hall–Kier alpha value is -0.430. The zero-order valence-electron chi connectivity index (χ0n) is 9.56. The quantitative estimate of drug-likeness (QED) is 0.779. The Morgan fingerprint density at radius 3 is 2.81 bits per heavy atom. The number of hydrogen-bond donors (Lipinski definition) is 2. The van der Waals surface area contributed by atoms with Crippen molar-refractivity contribution in [3.8, 4) is 0 Å². The van der Waals surface area contributed by atoms with Crippen molar-refractivity contribution in [1.82, 2.24) is 10.0 Å². The van der Waals surface area contributed by atoms with E-state index in [2.05, 4.69) is 10.0 Å². The molecule has 16 heavy (non-hydrogen) atoms. The normalized spacial score (nSPS) is 13.9. The highest BCUT2D eigenvalue weighted by Crippen LogP contribution is 2.17. The van der Waals surface area contributed by atoms with Gasteiger partial charge in [0.25, 0.3) is 0 Å². The highest BCUT2D eigenvalue weighted by molar-refractivity contribution is 7.89. The number of nitrogens with one attached hydrogen (secondary N) is 2. The average molecular weight is 262 g/mol. The minimum absolute atomic E-state index is 0.122. The third kappa shape index (κ3) is 4.61. The van der Waals surface area contributed by atoms with Gasteiger partial charge in [0, 0.05) is 24.0 Å². The molecule has 0 radical (unpaired) electrons. The molecule has 1 atom stereocenters. The number of hydrogen-bond acceptors (Lipinski definition) is 4. The van der Waals surface area contributed by atoms with E-state index in [1.165, 1.54) is 4.88 Å². The summed E-state index contributed by atoms with van der Waals surface area (Å²) in [6.45, 7) is 4.72. The van der Waals surface area contributed by atoms with Crippen molar-refractivity contribution in [2.75, 3.05) is 18.8 Å². The predicted molar refractivity (Wildman–Crippen MR) is 68.2 cm³/mol. The van der Waals surface area contributed by atoms with Crippen molar-refractivity contribution < 1.29 is 8.42 Å². The van der Waals surface area contributed by atoms with Gasteiger partial charge in [0.2, 0.25) is 10.0 Å². The Kier molecular flexibility index (Phi) is 5.40. The SMILES string of the molecule is CCNS(=O)(=O)CCNC(C)c1cccs1. The predicted octanol–water partition coefficient (Wildman–Crippen LogP) is 1.34. The molecule has 4 nitrogen and oxygen atoms in total. The second-order valence-corrected chi connectivity index (χ2v) is 6.41. The summed E-state index contributed by atoms with van der Waals surface area (Å²) < 4.78 is 25.2. The highest BCUT2D eigenvalue weighted by Gasteiger charge is 2.10. The van der Waals surface area contributed by atoms with Gasteiger partial charge in [0.15, 0.2) is 0 Å². The topological polar surface area (TPSA) is 58.2 Å². The molecule has 0 saturated carbocycles. The highest BCUT2D eigenvalue weighted by atomic mass is 32.2. The van der Waals surface area contributed by atoms with Crippen LogP contribution in [-0.4, -0.2) is 27.3 Å². The number of thiophene rings is 1. The molecule has 6 heteroatoms. The molecule has 0 amide bonds. The van der Waals surface area contributed by atoms with Gasteiger partial charge in [-0.1, -0.05) is 13.0 Å². The molecular formula is C10H18N2O2S2. The van der Waals surface area contributed by atoms with Crippen LogP contribution in [0.1, 0.15) is 24.8 Å². The van der Waals surface area contributed by atoms with E-state index in [4.69, 9.17) is 0 Å². The summed E-state index contributed by atoms with van der Waals surface area (Å²) in [6.07, 6.45) is 0. The first-order valence-electron chi connectivity index (χ1n) is 5.29. The van der Waals surface area contributed by atoms with Gasteiger partial charge in [0.05, 0.1) is 5.75 Å². The molecule has 1 rings (SSSR count). The summed E-state index contributed by atoms with van der Waals surface area (Å²) in [5.41, 5.74) is 0. The van der Waals surface area contributed by atoms with Crippen molar-refractivity contribution >= 4 is 21.4 Å². The van der Waals surface area contributed by atoms with E-state index in [0.29, 0.717) is 13.1 Å². The van der Waals surface area contributed by atoms with Gasteiger partial charge in [0.1, 0.15) is 0 Å². The molecule has 0 fully saturated rings. The molecule has 0 aliphatic carbocycles. The fourth-order valence-corrected chi connectivity index (χ4v) is 3.07. The van der Waals surface area contributed by atoms with Crippen LogP contribution < -0.4 is 10.0 Å². The molecule has 0 aliphatic rings. The van der Waals surface area contributed by atoms with Crippen LogP contribution in [0.5, 0.6) is 0 Å². The summed E-state index contributed by atoms with van der Waals surface area (Å²) >= 11 is 1.67. The monoisotopic (exact) mass is 262 g/mol. The summed E-state index contributed by atoms with van der Waals surface area (Å²) in [7, 11) is -3.11. The molecule has 92 valence electrons. The van der Waals surface area contributed by atoms with E-state index < -0.39 is 10.0 Å². The zero-order valence-corrected chi connectivity index (χ0v) is 11.2. The Morgan fingerprint density at radius 1 is 1.50 bits per heavy atom. The summed E-state index contributed by atoms with van der Waals surface area (Å²) in [6, 6.07) is 4.24. The van der Waals surface area contributed by atoms with E-state index in [9.17, 15) is 8.42 Å². The van der Waals surface area contributed by atoms with Gasteiger partial charge in [-0.25, -0.2) is 13.1 Å². The molecule has 2 N–H and O–H groups in total. The Balaban J connectivity index is 2.31. The van der Waals surface area contributed by atoms with E-state index in [0.717, 1.165) is 0 Å². The molecule has 0 aliphatic heterocycles. The van der Waals surface area contributed by atoms with Gasteiger partial charge >= 0.3 is 0 Å². The van der Waals surface area contributed by atoms with E-state index in [1.54, 1.807) is 18.3 Å². The largest absolute Gasteiger partial charge is 0.308 e. The van der Waals surface area contributed by atoms with Crippen LogP contribution in [0.3, 0.4) is 0 Å². The van der Waals surface area contributed by atoms with Crippen LogP contribution in [0, 0.1) is 0 Å². The van der Waals surface area contributed by atoms with Gasteiger partial charge < -0.3 is 5.32 Å². The van der Waals surface area contributed by atoms with Crippen molar-refractivity contribution in [3.63, 3.8) is 0 Å². The lowest BCUT2D eigenvalue weighted by Crippen LogP contribution is -2.32. The van der Waals surface area contributed by atoms with Crippen LogP contribution in [0.2, 0.25) is 0 Å². The van der Waals surface area contributed by atoms with E-state index in [-0.39, 0.29) is 11.8 Å². The fraction of sp³-hybridized carbons (Fsp3) is 0.600. The third-order valence-electron chi connectivity index (χ3n) is 2.16. The smallest absolute Gasteiger partial charge is 0.212 e. The molecule has 1 heterocycles. The van der Waals surface area contributed by atoms with Crippen LogP contribution in [-0.2, 0) is 10.0 Å². The van der Waals surface area contributed by atoms with Crippen LogP contribution in [0.4, 0.5) is 0 Å². The lowest BCUT2D eigenvalue weighted by molar-refractivity contribution is 0.567. The summed E-state index contributed by atoms with van der Waals surface area (Å²) in [5, 5.41) is 5.21. The van der Waals surface area contributed by atoms with Gasteiger partial charge in [-0.05, 0) is 18.4 Å². The first-order valence-corrected chi connectivity index (χ1v) is 7.82. The minimum Gasteiger partial charge on any atom is -0.308 e. The molecule has 1 unspecified atom stereocenters. The van der Waals surface area contributed by atoms with Crippen molar-refractivity contribution in [3.05, 3.63) is 22.4 Å². The second-order valence-electron chi connectivity index (χ2n) is 3.51. The van der Waals surface area contributed by atoms with Crippen LogP contribution >= 0.6 is 11.3 Å². The Morgan fingerprint density at radius 2 is 2.25 bits per heavy atom. The molecule has 0 aromatic carbocycles. The van der Waals surface area contributed by atoms with Crippen LogP contribution in [0.15, 0.2) is 17.5 Å². The van der Waals surface area contributed by atoms with Gasteiger partial charge in [-0.3, -0.25) is 0 Å². The van der Waals surface area contributed by atoms with Gasteiger partial charge in [-0.15, -0.1) is 11.3 Å². The van der Waals surface area contributed by atoms with Crippen molar-refractivity contribution in [2.45, 2.75) is 19.9 Å². The molecule has 1 aromatic heterocycles. The van der Waals surface area contributed by atoms with Crippen molar-refractivity contribution in [2.24, 2.45) is 0 Å². The Labute approximate surface area is 101 Å². The molecule has 0 saturated heterocycles. The maximum Gasteiger partial charge on any atom is 0.212 e. The minimum atomic E-state index is -3.11. The van der Waals surface area contributed by atoms with Crippen LogP contribution in [0.25, 0.3) is 0 Å². The summed E-state index contributed by atoms with van der Waals surface area (Å²) in [4.78, 5) is 1.22. The number of sulfonamides is 1. The summed E-state index contributed by atoms with van der Waals surface area (Å²) in [5.74, 6) is 0.122. The molecular weight excluding hydrogens is 244 g/mol. The lowest BCUT2D eigenvalue weighted by atomic mass is 10.3. The average Bonchev–Trinajstić information content (AvgIpc) is 2.69. The first-order chi connectivity index (χ1) is 7.55. The molecule has 0 spiro atoms. The van der Waals surface area contributed by atoms with E-state index >= 15 is 0 Å². The van der Waals surface area contributed by atoms with E-state index in [1.807, 2.05) is 24.4 Å². The van der Waals surface area contributed by atoms with Gasteiger partial charge in [-0.2, -0.15) is 0 Å². The maximum atomic E-state index is 11.4. The fourth-order valence-electron chi connectivity index (χ4n) is 1.34. The first kappa shape index (κ1) is 13.6. The third-order valence-corrected chi connectivity index (χ3v) is 4.68. The van der Waals surface area contributed by atoms with Crippen molar-refractivity contribution in [1.29, 1.82) is 0 Å². The standard InChI is InChI=1S/C10H18N2O2S2/c1-3-12-16(13,14)8-6-11-9(2)10-5-4-7-15-10/h4-5,7,9,11-12H,3,6,8H2,1-2H3. The molecule has 0 bridgehead atoms. The second kappa shape index (κ2) is 6.34. The maximum absolute atomic E-state index is 11.4. The number of rotatable bonds is 7. The Bertz CT molecular complexity index is 387.